The molecule has 2 rings (SSSR count). The first-order valence-electron chi connectivity index (χ1n) is 8.39. The van der Waals surface area contributed by atoms with Crippen LogP contribution in [0.1, 0.15) is 0 Å². The van der Waals surface area contributed by atoms with Gasteiger partial charge in [0.15, 0.2) is 24.8 Å². The molecule has 0 aromatic rings. The predicted molar refractivity (Wildman–Crippen MR) is 90.0 cm³/mol. The Morgan fingerprint density at radius 1 is 0.812 bits per heavy atom. The number of hydrogen-bond acceptors (Lipinski definition) is 15. The van der Waals surface area contributed by atoms with E-state index in [1.165, 1.54) is 0 Å². The van der Waals surface area contributed by atoms with Gasteiger partial charge in [-0.3, -0.25) is 9.11 Å². The lowest BCUT2D eigenvalue weighted by molar-refractivity contribution is -0.345. The topological polar surface area (TPSA) is 293 Å². The molecule has 0 radical (unpaired) electrons. The van der Waals surface area contributed by atoms with E-state index in [1.807, 2.05) is 0 Å². The van der Waals surface area contributed by atoms with Crippen molar-refractivity contribution in [3.8, 4) is 0 Å². The monoisotopic (exact) mass is 516 g/mol. The minimum Gasteiger partial charge on any atom is -0.479 e. The minimum atomic E-state index is -5.42. The Balaban J connectivity index is 2.46. The molecule has 10 atom stereocenters. The predicted octanol–water partition coefficient (Wildman–Crippen LogP) is -5.65. The van der Waals surface area contributed by atoms with Gasteiger partial charge in [-0.15, -0.1) is 0 Å². The van der Waals surface area contributed by atoms with Gasteiger partial charge in [-0.05, 0) is 0 Å². The molecule has 20 heteroatoms. The number of carboxylic acid groups (broad SMARTS) is 1. The highest BCUT2D eigenvalue weighted by Gasteiger charge is 2.55. The van der Waals surface area contributed by atoms with Crippen molar-refractivity contribution < 1.29 is 84.0 Å². The summed E-state index contributed by atoms with van der Waals surface area (Å²) in [4.78, 5) is 11.5. The molecule has 0 aromatic heterocycles. The van der Waals surface area contributed by atoms with Gasteiger partial charge >= 0.3 is 26.8 Å². The Morgan fingerprint density at radius 2 is 1.34 bits per heavy atom. The van der Waals surface area contributed by atoms with E-state index in [1.54, 1.807) is 0 Å². The highest BCUT2D eigenvalue weighted by atomic mass is 32.3. The zero-order chi connectivity index (χ0) is 24.6. The molecule has 2 fully saturated rings. The molecule has 8 N–H and O–H groups in total. The smallest absolute Gasteiger partial charge is 0.397 e. The van der Waals surface area contributed by atoms with E-state index in [4.69, 9.17) is 18.6 Å². The first-order chi connectivity index (χ1) is 14.6. The van der Waals surface area contributed by atoms with Crippen molar-refractivity contribution in [3.05, 3.63) is 0 Å². The van der Waals surface area contributed by atoms with Crippen molar-refractivity contribution >= 4 is 26.8 Å². The maximum atomic E-state index is 11.5. The van der Waals surface area contributed by atoms with Crippen molar-refractivity contribution in [2.75, 3.05) is 6.61 Å². The average Bonchev–Trinajstić information content (AvgIpc) is 2.64. The van der Waals surface area contributed by atoms with Gasteiger partial charge < -0.3 is 44.8 Å². The summed E-state index contributed by atoms with van der Waals surface area (Å²) in [6.45, 7) is -1.01. The maximum Gasteiger partial charge on any atom is 0.397 e. The largest absolute Gasteiger partial charge is 0.479 e. The summed E-state index contributed by atoms with van der Waals surface area (Å²) in [5.74, 6) is -1.94. The standard InChI is InChI=1S/C12H20O18S2/c13-1-2-3(14)4(15)7(30-32(23,24)25)12(26-2)28-8-6(29-31(20,21)22)5(16)11(19)27-9(8)10(17)18/h2-9,11-16,19H,1H2,(H,17,18)(H,20,21,22)(H,23,24,25)/t2-,3-,4+,5-,6-,7-,8+,9+,11-,12-/m1/s1. The van der Waals surface area contributed by atoms with E-state index in [-0.39, 0.29) is 0 Å². The van der Waals surface area contributed by atoms with Gasteiger partial charge in [-0.25, -0.2) is 13.2 Å². The highest BCUT2D eigenvalue weighted by molar-refractivity contribution is 7.81. The third-order valence-electron chi connectivity index (χ3n) is 4.36. The average molecular weight is 516 g/mol. The van der Waals surface area contributed by atoms with E-state index in [2.05, 4.69) is 13.1 Å². The van der Waals surface area contributed by atoms with Crippen LogP contribution in [0.4, 0.5) is 0 Å². The molecule has 2 saturated heterocycles. The molecule has 188 valence electrons. The van der Waals surface area contributed by atoms with Crippen molar-refractivity contribution in [1.82, 2.24) is 0 Å². The first-order valence-corrected chi connectivity index (χ1v) is 11.1. The summed E-state index contributed by atoms with van der Waals surface area (Å²) < 4.78 is 85.4. The van der Waals surface area contributed by atoms with Gasteiger partial charge in [0.05, 0.1) is 6.61 Å². The van der Waals surface area contributed by atoms with E-state index >= 15 is 0 Å². The van der Waals surface area contributed by atoms with Crippen LogP contribution in [-0.4, -0.2) is 131 Å². The molecule has 2 heterocycles. The molecule has 0 unspecified atom stereocenters. The summed E-state index contributed by atoms with van der Waals surface area (Å²) in [6, 6.07) is 0. The van der Waals surface area contributed by atoms with Crippen LogP contribution in [0.25, 0.3) is 0 Å². The van der Waals surface area contributed by atoms with E-state index < -0.39 is 94.8 Å². The zero-order valence-corrected chi connectivity index (χ0v) is 17.1. The number of hydrogen-bond donors (Lipinski definition) is 8. The van der Waals surface area contributed by atoms with Gasteiger partial charge in [0, 0.05) is 0 Å². The lowest BCUT2D eigenvalue weighted by atomic mass is 9.97. The molecular formula is C12H20O18S2. The number of carboxylic acids is 1. The fourth-order valence-corrected chi connectivity index (χ4v) is 3.99. The SMILES string of the molecule is O=C(O)[C@H]1O[C@@H](O)[C@H](O)[C@@H](OS(=O)(=O)O)[C@@H]1O[C@H]1O[C@H](CO)[C@@H](O)[C@H](O)[C@H]1OS(=O)(=O)O. The Morgan fingerprint density at radius 3 is 1.81 bits per heavy atom. The van der Waals surface area contributed by atoms with Gasteiger partial charge in [0.1, 0.15) is 36.6 Å². The Kier molecular flexibility index (Phi) is 8.50. The van der Waals surface area contributed by atoms with Crippen molar-refractivity contribution in [1.29, 1.82) is 0 Å². The van der Waals surface area contributed by atoms with Crippen LogP contribution in [-0.2, 0) is 48.2 Å². The van der Waals surface area contributed by atoms with Crippen molar-refractivity contribution in [2.45, 2.75) is 61.4 Å². The molecule has 0 spiro atoms. The molecular weight excluding hydrogens is 496 g/mol. The quantitative estimate of drug-likeness (QED) is 0.139. The number of carbonyl (C=O) groups is 1. The normalized spacial score (nSPS) is 41.3. The molecule has 0 bridgehead atoms. The van der Waals surface area contributed by atoms with Crippen molar-refractivity contribution in [3.63, 3.8) is 0 Å². The van der Waals surface area contributed by atoms with E-state index in [9.17, 15) is 52.3 Å². The second kappa shape index (κ2) is 10.0. The fraction of sp³-hybridized carbons (Fsp3) is 0.917. The fourth-order valence-electron chi connectivity index (χ4n) is 3.00. The second-order valence-corrected chi connectivity index (χ2v) is 8.66. The Hall–Kier alpha value is -1.11. The third-order valence-corrected chi connectivity index (χ3v) is 5.29. The molecule has 0 aromatic carbocycles. The number of aliphatic hydroxyl groups excluding tert-OH is 5. The number of aliphatic carboxylic acids is 1. The third kappa shape index (κ3) is 6.48. The van der Waals surface area contributed by atoms with E-state index in [0.717, 1.165) is 0 Å². The van der Waals surface area contributed by atoms with E-state index in [0.29, 0.717) is 0 Å². The lowest BCUT2D eigenvalue weighted by Crippen LogP contribution is -2.66. The Labute approximate surface area is 179 Å². The summed E-state index contributed by atoms with van der Waals surface area (Å²) in [5.41, 5.74) is 0. The molecule has 18 nitrogen and oxygen atoms in total. The molecule has 2 aliphatic rings. The molecule has 0 aliphatic carbocycles. The molecule has 2 aliphatic heterocycles. The Bertz CT molecular complexity index is 872. The maximum absolute atomic E-state index is 11.5. The van der Waals surface area contributed by atoms with Crippen molar-refractivity contribution in [2.24, 2.45) is 0 Å². The zero-order valence-electron chi connectivity index (χ0n) is 15.5. The summed E-state index contributed by atoms with van der Waals surface area (Å²) in [7, 11) is -10.8. The lowest BCUT2D eigenvalue weighted by Gasteiger charge is -2.45. The highest BCUT2D eigenvalue weighted by Crippen LogP contribution is 2.32. The van der Waals surface area contributed by atoms with Crippen LogP contribution in [0.2, 0.25) is 0 Å². The summed E-state index contributed by atoms with van der Waals surface area (Å²) >= 11 is 0. The van der Waals surface area contributed by atoms with Crippen LogP contribution < -0.4 is 0 Å². The van der Waals surface area contributed by atoms with Gasteiger partial charge in [0.25, 0.3) is 0 Å². The summed E-state index contributed by atoms with van der Waals surface area (Å²) in [5, 5.41) is 58.1. The number of ether oxygens (including phenoxy) is 3. The molecule has 32 heavy (non-hydrogen) atoms. The minimum absolute atomic E-state index is 1.01. The van der Waals surface area contributed by atoms with Crippen LogP contribution in [0.5, 0.6) is 0 Å². The van der Waals surface area contributed by atoms with Crippen LogP contribution in [0.15, 0.2) is 0 Å². The van der Waals surface area contributed by atoms with Crippen LogP contribution in [0.3, 0.4) is 0 Å². The second-order valence-electron chi connectivity index (χ2n) is 6.56. The molecule has 0 saturated carbocycles. The number of rotatable bonds is 8. The van der Waals surface area contributed by atoms with Gasteiger partial charge in [0.2, 0.25) is 0 Å². The number of aliphatic hydroxyl groups is 5. The van der Waals surface area contributed by atoms with Gasteiger partial charge in [-0.1, -0.05) is 0 Å². The first kappa shape index (κ1) is 27.1. The molecule has 0 amide bonds. The summed E-state index contributed by atoms with van der Waals surface area (Å²) in [6.07, 6.45) is -22.4. The van der Waals surface area contributed by atoms with Crippen LogP contribution >= 0.6 is 0 Å². The van der Waals surface area contributed by atoms with Gasteiger partial charge in [-0.2, -0.15) is 16.8 Å². The van der Waals surface area contributed by atoms with Crippen LogP contribution in [0, 0.1) is 0 Å².